The van der Waals surface area contributed by atoms with Gasteiger partial charge in [0.25, 0.3) is 0 Å². The minimum Gasteiger partial charge on any atom is -0.444 e. The molecular formula is C20H30N2O3. The molecule has 0 fully saturated rings. The van der Waals surface area contributed by atoms with Crippen molar-refractivity contribution in [2.75, 3.05) is 0 Å². The first-order valence-electron chi connectivity index (χ1n) is 9.07. The minimum atomic E-state index is -0.657. The number of hydrogen-bond donors (Lipinski definition) is 2. The fourth-order valence-electron chi connectivity index (χ4n) is 2.99. The van der Waals surface area contributed by atoms with Gasteiger partial charge in [-0.2, -0.15) is 0 Å². The van der Waals surface area contributed by atoms with Crippen molar-refractivity contribution in [3.05, 3.63) is 34.9 Å². The molecule has 0 bridgehead atoms. The SMILES string of the molecule is CC(NC(=O)OC(C)(C)C)C(=O)NC(C)c1ccc2c(c1)CCCC2. The third-order valence-corrected chi connectivity index (χ3v) is 4.36. The Kier molecular flexibility index (Phi) is 6.09. The third kappa shape index (κ3) is 5.76. The highest BCUT2D eigenvalue weighted by molar-refractivity contribution is 5.85. The van der Waals surface area contributed by atoms with E-state index in [2.05, 4.69) is 28.8 Å². The summed E-state index contributed by atoms with van der Waals surface area (Å²) in [5.41, 5.74) is 3.33. The van der Waals surface area contributed by atoms with E-state index in [0.717, 1.165) is 18.4 Å². The molecule has 138 valence electrons. The molecule has 2 atom stereocenters. The first kappa shape index (κ1) is 19.3. The second kappa shape index (κ2) is 7.89. The van der Waals surface area contributed by atoms with Crippen molar-refractivity contribution in [2.24, 2.45) is 0 Å². The van der Waals surface area contributed by atoms with Gasteiger partial charge in [-0.25, -0.2) is 4.79 Å². The number of alkyl carbamates (subject to hydrolysis) is 1. The number of rotatable bonds is 4. The number of ether oxygens (including phenoxy) is 1. The molecule has 1 aliphatic rings. The lowest BCUT2D eigenvalue weighted by Crippen LogP contribution is -2.47. The highest BCUT2D eigenvalue weighted by Crippen LogP contribution is 2.24. The summed E-state index contributed by atoms with van der Waals surface area (Å²) in [5.74, 6) is -0.226. The summed E-state index contributed by atoms with van der Waals surface area (Å²) < 4.78 is 5.18. The van der Waals surface area contributed by atoms with Crippen LogP contribution < -0.4 is 10.6 Å². The maximum Gasteiger partial charge on any atom is 0.408 e. The molecule has 2 N–H and O–H groups in total. The van der Waals surface area contributed by atoms with Gasteiger partial charge in [0, 0.05) is 0 Å². The van der Waals surface area contributed by atoms with Crippen molar-refractivity contribution < 1.29 is 14.3 Å². The van der Waals surface area contributed by atoms with Crippen molar-refractivity contribution >= 4 is 12.0 Å². The van der Waals surface area contributed by atoms with E-state index >= 15 is 0 Å². The zero-order valence-corrected chi connectivity index (χ0v) is 15.9. The molecule has 1 aromatic rings. The maximum atomic E-state index is 12.3. The summed E-state index contributed by atoms with van der Waals surface area (Å²) in [4.78, 5) is 24.1. The molecule has 0 aliphatic heterocycles. The number of fused-ring (bicyclic) bond motifs is 1. The van der Waals surface area contributed by atoms with Crippen LogP contribution in [0.5, 0.6) is 0 Å². The van der Waals surface area contributed by atoms with E-state index < -0.39 is 17.7 Å². The number of aryl methyl sites for hydroxylation is 2. The maximum absolute atomic E-state index is 12.3. The third-order valence-electron chi connectivity index (χ3n) is 4.36. The lowest BCUT2D eigenvalue weighted by atomic mass is 9.89. The normalized spacial score (nSPS) is 16.4. The fourth-order valence-corrected chi connectivity index (χ4v) is 2.99. The van der Waals surface area contributed by atoms with Gasteiger partial charge in [-0.1, -0.05) is 18.2 Å². The summed E-state index contributed by atoms with van der Waals surface area (Å²) in [6.07, 6.45) is 4.16. The molecular weight excluding hydrogens is 316 g/mol. The quantitative estimate of drug-likeness (QED) is 0.874. The summed E-state index contributed by atoms with van der Waals surface area (Å²) in [5, 5.41) is 5.53. The monoisotopic (exact) mass is 346 g/mol. The van der Waals surface area contributed by atoms with Crippen molar-refractivity contribution in [3.63, 3.8) is 0 Å². The van der Waals surface area contributed by atoms with Gasteiger partial charge in [0.15, 0.2) is 0 Å². The highest BCUT2D eigenvalue weighted by Gasteiger charge is 2.22. The van der Waals surface area contributed by atoms with E-state index in [-0.39, 0.29) is 11.9 Å². The van der Waals surface area contributed by atoms with Crippen LogP contribution in [0.4, 0.5) is 4.79 Å². The zero-order valence-electron chi connectivity index (χ0n) is 15.9. The van der Waals surface area contributed by atoms with Crippen LogP contribution in [-0.4, -0.2) is 23.6 Å². The molecule has 5 nitrogen and oxygen atoms in total. The molecule has 0 radical (unpaired) electrons. The summed E-state index contributed by atoms with van der Waals surface area (Å²) in [7, 11) is 0. The number of nitrogens with one attached hydrogen (secondary N) is 2. The first-order valence-corrected chi connectivity index (χ1v) is 9.07. The number of carbonyl (C=O) groups excluding carboxylic acids is 2. The Hall–Kier alpha value is -2.04. The van der Waals surface area contributed by atoms with E-state index in [0.29, 0.717) is 0 Å². The first-order chi connectivity index (χ1) is 11.7. The second-order valence-corrected chi connectivity index (χ2v) is 7.83. The van der Waals surface area contributed by atoms with Gasteiger partial charge in [0.05, 0.1) is 6.04 Å². The Morgan fingerprint density at radius 3 is 2.32 bits per heavy atom. The van der Waals surface area contributed by atoms with Crippen LogP contribution in [0.2, 0.25) is 0 Å². The summed E-state index contributed by atoms with van der Waals surface area (Å²) in [6, 6.07) is 5.69. The van der Waals surface area contributed by atoms with Crippen LogP contribution in [0.25, 0.3) is 0 Å². The van der Waals surface area contributed by atoms with Crippen LogP contribution in [0.3, 0.4) is 0 Å². The van der Waals surface area contributed by atoms with Crippen LogP contribution in [0.1, 0.15) is 70.2 Å². The largest absolute Gasteiger partial charge is 0.444 e. The molecule has 0 saturated heterocycles. The molecule has 0 saturated carbocycles. The molecule has 2 unspecified atom stereocenters. The minimum absolute atomic E-state index is 0.109. The van der Waals surface area contributed by atoms with Crippen molar-refractivity contribution in [1.29, 1.82) is 0 Å². The Balaban J connectivity index is 1.92. The van der Waals surface area contributed by atoms with E-state index in [4.69, 9.17) is 4.74 Å². The second-order valence-electron chi connectivity index (χ2n) is 7.83. The Labute approximate surface area is 150 Å². The Morgan fingerprint density at radius 2 is 1.68 bits per heavy atom. The molecule has 0 aromatic heterocycles. The van der Waals surface area contributed by atoms with Gasteiger partial charge in [0.2, 0.25) is 5.91 Å². The topological polar surface area (TPSA) is 67.4 Å². The molecule has 1 aromatic carbocycles. The molecule has 2 amide bonds. The molecule has 0 heterocycles. The molecule has 25 heavy (non-hydrogen) atoms. The van der Waals surface area contributed by atoms with E-state index in [1.807, 2.05) is 6.92 Å². The average molecular weight is 346 g/mol. The molecule has 1 aliphatic carbocycles. The highest BCUT2D eigenvalue weighted by atomic mass is 16.6. The van der Waals surface area contributed by atoms with Crippen molar-refractivity contribution in [3.8, 4) is 0 Å². The summed E-state index contributed by atoms with van der Waals surface area (Å²) >= 11 is 0. The summed E-state index contributed by atoms with van der Waals surface area (Å²) in [6.45, 7) is 8.97. The predicted molar refractivity (Wildman–Crippen MR) is 98.5 cm³/mol. The zero-order chi connectivity index (χ0) is 18.6. The van der Waals surface area contributed by atoms with Gasteiger partial charge in [-0.05, 0) is 77.0 Å². The molecule has 2 rings (SSSR count). The van der Waals surface area contributed by atoms with Crippen LogP contribution in [-0.2, 0) is 22.4 Å². The van der Waals surface area contributed by atoms with Gasteiger partial charge in [-0.15, -0.1) is 0 Å². The van der Waals surface area contributed by atoms with Crippen LogP contribution >= 0.6 is 0 Å². The molecule has 5 heteroatoms. The van der Waals surface area contributed by atoms with Crippen molar-refractivity contribution in [1.82, 2.24) is 10.6 Å². The van der Waals surface area contributed by atoms with Gasteiger partial charge in [0.1, 0.15) is 11.6 Å². The van der Waals surface area contributed by atoms with Gasteiger partial charge < -0.3 is 15.4 Å². The van der Waals surface area contributed by atoms with Gasteiger partial charge >= 0.3 is 6.09 Å². The standard InChI is InChI=1S/C20H30N2O3/c1-13(16-11-10-15-8-6-7-9-17(15)12-16)21-18(23)14(2)22-19(24)25-20(3,4)5/h10-14H,6-9H2,1-5H3,(H,21,23)(H,22,24). The molecule has 0 spiro atoms. The van der Waals surface area contributed by atoms with Crippen LogP contribution in [0.15, 0.2) is 18.2 Å². The van der Waals surface area contributed by atoms with E-state index in [1.165, 1.54) is 24.0 Å². The Morgan fingerprint density at radius 1 is 1.04 bits per heavy atom. The Bertz CT molecular complexity index is 634. The van der Waals surface area contributed by atoms with E-state index in [9.17, 15) is 9.59 Å². The smallest absolute Gasteiger partial charge is 0.408 e. The lowest BCUT2D eigenvalue weighted by molar-refractivity contribution is -0.123. The lowest BCUT2D eigenvalue weighted by Gasteiger charge is -2.23. The van der Waals surface area contributed by atoms with Crippen molar-refractivity contribution in [2.45, 2.75) is 78.0 Å². The number of hydrogen-bond acceptors (Lipinski definition) is 3. The van der Waals surface area contributed by atoms with Crippen LogP contribution in [0, 0.1) is 0 Å². The number of carbonyl (C=O) groups is 2. The van der Waals surface area contributed by atoms with Gasteiger partial charge in [-0.3, -0.25) is 4.79 Å². The fraction of sp³-hybridized carbons (Fsp3) is 0.600. The number of amides is 2. The van der Waals surface area contributed by atoms with E-state index in [1.54, 1.807) is 27.7 Å². The average Bonchev–Trinajstić information content (AvgIpc) is 2.52. The predicted octanol–water partition coefficient (Wildman–Crippen LogP) is 3.66. The number of benzene rings is 1.